The standard InChI is InChI=1S/C28H40N2O2/c1-10-32-22-15-25(19(6)7)28(26(16-22)20(8)9)30-12-11-29-27-23(17(2)3)13-21(31)14-24(27)18(4)5/h11-20,31H,10H2,1-9H3. The minimum Gasteiger partial charge on any atom is -0.508 e. The molecule has 32 heavy (non-hydrogen) atoms. The Morgan fingerprint density at radius 1 is 0.688 bits per heavy atom. The van der Waals surface area contributed by atoms with Gasteiger partial charge in [0.25, 0.3) is 0 Å². The molecule has 4 heteroatoms. The van der Waals surface area contributed by atoms with Crippen molar-refractivity contribution in [2.45, 2.75) is 86.0 Å². The zero-order valence-electron chi connectivity index (χ0n) is 21.2. The lowest BCUT2D eigenvalue weighted by Crippen LogP contribution is -2.00. The fourth-order valence-electron chi connectivity index (χ4n) is 3.84. The van der Waals surface area contributed by atoms with E-state index in [2.05, 4.69) is 67.5 Å². The second-order valence-electron chi connectivity index (χ2n) is 9.53. The van der Waals surface area contributed by atoms with Crippen molar-refractivity contribution >= 4 is 23.8 Å². The van der Waals surface area contributed by atoms with Gasteiger partial charge in [-0.15, -0.1) is 0 Å². The van der Waals surface area contributed by atoms with E-state index in [1.165, 1.54) is 11.1 Å². The first kappa shape index (κ1) is 25.6. The number of nitrogens with zero attached hydrogens (tertiary/aromatic N) is 2. The van der Waals surface area contributed by atoms with Crippen LogP contribution in [0, 0.1) is 0 Å². The van der Waals surface area contributed by atoms with Crippen molar-refractivity contribution in [1.82, 2.24) is 0 Å². The summed E-state index contributed by atoms with van der Waals surface area (Å²) in [7, 11) is 0. The topological polar surface area (TPSA) is 54.2 Å². The molecule has 0 aliphatic rings. The molecule has 1 N–H and O–H groups in total. The van der Waals surface area contributed by atoms with E-state index in [-0.39, 0.29) is 11.8 Å². The third kappa shape index (κ3) is 6.21. The van der Waals surface area contributed by atoms with Gasteiger partial charge in [-0.2, -0.15) is 0 Å². The molecule has 0 fully saturated rings. The van der Waals surface area contributed by atoms with Crippen LogP contribution in [-0.4, -0.2) is 24.1 Å². The molecule has 0 aliphatic heterocycles. The van der Waals surface area contributed by atoms with Gasteiger partial charge < -0.3 is 9.84 Å². The fourth-order valence-corrected chi connectivity index (χ4v) is 3.84. The normalized spacial score (nSPS) is 12.4. The highest BCUT2D eigenvalue weighted by Crippen LogP contribution is 2.39. The number of aromatic hydroxyl groups is 1. The zero-order chi connectivity index (χ0) is 24.0. The molecule has 0 amide bonds. The SMILES string of the molecule is CCOc1cc(C(C)C)c(N=CC=Nc2c(C(C)C)cc(O)cc2C(C)C)c(C(C)C)c1. The van der Waals surface area contributed by atoms with Gasteiger partial charge in [0, 0.05) is 12.4 Å². The Morgan fingerprint density at radius 3 is 1.34 bits per heavy atom. The molecule has 4 nitrogen and oxygen atoms in total. The van der Waals surface area contributed by atoms with Crippen LogP contribution in [0.1, 0.15) is 108 Å². The predicted molar refractivity (Wildman–Crippen MR) is 138 cm³/mol. The van der Waals surface area contributed by atoms with Crippen LogP contribution >= 0.6 is 0 Å². The first-order chi connectivity index (χ1) is 15.1. The Hall–Kier alpha value is -2.62. The molecule has 0 bridgehead atoms. The summed E-state index contributed by atoms with van der Waals surface area (Å²) in [5.74, 6) is 2.37. The van der Waals surface area contributed by atoms with Crippen molar-refractivity contribution in [2.75, 3.05) is 6.61 Å². The largest absolute Gasteiger partial charge is 0.508 e. The molecular weight excluding hydrogens is 396 g/mol. The van der Waals surface area contributed by atoms with E-state index in [1.807, 2.05) is 19.1 Å². The van der Waals surface area contributed by atoms with E-state index < -0.39 is 0 Å². The van der Waals surface area contributed by atoms with E-state index in [0.29, 0.717) is 24.2 Å². The number of hydrogen-bond acceptors (Lipinski definition) is 4. The van der Waals surface area contributed by atoms with Crippen LogP contribution in [0.15, 0.2) is 34.3 Å². The van der Waals surface area contributed by atoms with Crippen LogP contribution in [0.2, 0.25) is 0 Å². The lowest BCUT2D eigenvalue weighted by atomic mass is 9.92. The highest BCUT2D eigenvalue weighted by Gasteiger charge is 2.17. The van der Waals surface area contributed by atoms with Crippen LogP contribution in [0.3, 0.4) is 0 Å². The minimum atomic E-state index is 0.259. The van der Waals surface area contributed by atoms with Crippen molar-refractivity contribution in [3.05, 3.63) is 46.5 Å². The van der Waals surface area contributed by atoms with Crippen LogP contribution in [0.25, 0.3) is 0 Å². The summed E-state index contributed by atoms with van der Waals surface area (Å²) in [5.41, 5.74) is 6.39. The summed E-state index contributed by atoms with van der Waals surface area (Å²) in [5, 5.41) is 10.2. The second kappa shape index (κ2) is 11.3. The maximum atomic E-state index is 10.2. The molecule has 0 atom stereocenters. The van der Waals surface area contributed by atoms with Crippen LogP contribution in [-0.2, 0) is 0 Å². The Balaban J connectivity index is 2.52. The van der Waals surface area contributed by atoms with E-state index in [0.717, 1.165) is 28.3 Å². The first-order valence-corrected chi connectivity index (χ1v) is 11.8. The van der Waals surface area contributed by atoms with E-state index in [9.17, 15) is 5.11 Å². The van der Waals surface area contributed by atoms with Crippen molar-refractivity contribution in [2.24, 2.45) is 9.98 Å². The summed E-state index contributed by atoms with van der Waals surface area (Å²) < 4.78 is 5.81. The van der Waals surface area contributed by atoms with Gasteiger partial charge in [-0.3, -0.25) is 9.98 Å². The van der Waals surface area contributed by atoms with Crippen molar-refractivity contribution in [1.29, 1.82) is 0 Å². The van der Waals surface area contributed by atoms with Crippen molar-refractivity contribution < 1.29 is 9.84 Å². The van der Waals surface area contributed by atoms with E-state index in [1.54, 1.807) is 12.4 Å². The number of phenolic OH excluding ortho intramolecular Hbond substituents is 1. The molecular formula is C28H40N2O2. The molecule has 2 aromatic carbocycles. The quantitative estimate of drug-likeness (QED) is 0.401. The molecule has 0 saturated carbocycles. The third-order valence-corrected chi connectivity index (χ3v) is 5.57. The average Bonchev–Trinajstić information content (AvgIpc) is 2.71. The number of benzene rings is 2. The van der Waals surface area contributed by atoms with Crippen molar-refractivity contribution in [3.63, 3.8) is 0 Å². The summed E-state index contributed by atoms with van der Waals surface area (Å²) in [6, 6.07) is 7.86. The number of hydrogen-bond donors (Lipinski definition) is 1. The molecule has 0 radical (unpaired) electrons. The monoisotopic (exact) mass is 436 g/mol. The molecule has 2 aromatic rings. The highest BCUT2D eigenvalue weighted by molar-refractivity contribution is 6.17. The number of phenols is 1. The Morgan fingerprint density at radius 2 is 1.03 bits per heavy atom. The van der Waals surface area contributed by atoms with Crippen LogP contribution < -0.4 is 4.74 Å². The Bertz CT molecular complexity index is 911. The van der Waals surface area contributed by atoms with Gasteiger partial charge in [0.1, 0.15) is 11.5 Å². The van der Waals surface area contributed by atoms with Gasteiger partial charge in [-0.25, -0.2) is 0 Å². The molecule has 0 heterocycles. The van der Waals surface area contributed by atoms with Crippen LogP contribution in [0.4, 0.5) is 11.4 Å². The Kier molecular flexibility index (Phi) is 9.06. The smallest absolute Gasteiger partial charge is 0.119 e. The van der Waals surface area contributed by atoms with E-state index >= 15 is 0 Å². The zero-order valence-corrected chi connectivity index (χ0v) is 21.2. The number of aliphatic imine (C=N–C) groups is 2. The molecule has 0 aromatic heterocycles. The molecule has 174 valence electrons. The Labute approximate surface area is 194 Å². The summed E-state index contributed by atoms with van der Waals surface area (Å²) in [6.45, 7) is 19.9. The minimum absolute atomic E-state index is 0.259. The van der Waals surface area contributed by atoms with Gasteiger partial charge in [0.15, 0.2) is 0 Å². The van der Waals surface area contributed by atoms with Gasteiger partial charge in [-0.1, -0.05) is 55.4 Å². The maximum absolute atomic E-state index is 10.2. The summed E-state index contributed by atoms with van der Waals surface area (Å²) in [4.78, 5) is 9.64. The molecule has 0 unspecified atom stereocenters. The van der Waals surface area contributed by atoms with E-state index in [4.69, 9.17) is 14.7 Å². The predicted octanol–water partition coefficient (Wildman–Crippen LogP) is 8.39. The maximum Gasteiger partial charge on any atom is 0.119 e. The van der Waals surface area contributed by atoms with Crippen molar-refractivity contribution in [3.8, 4) is 11.5 Å². The molecule has 2 rings (SSSR count). The molecule has 0 aliphatic carbocycles. The second-order valence-corrected chi connectivity index (χ2v) is 9.53. The average molecular weight is 437 g/mol. The molecule has 0 saturated heterocycles. The molecule has 0 spiro atoms. The first-order valence-electron chi connectivity index (χ1n) is 11.8. The summed E-state index contributed by atoms with van der Waals surface area (Å²) in [6.07, 6.45) is 3.56. The summed E-state index contributed by atoms with van der Waals surface area (Å²) >= 11 is 0. The third-order valence-electron chi connectivity index (χ3n) is 5.57. The number of rotatable bonds is 9. The lowest BCUT2D eigenvalue weighted by Gasteiger charge is -2.19. The van der Waals surface area contributed by atoms with Crippen LogP contribution in [0.5, 0.6) is 11.5 Å². The lowest BCUT2D eigenvalue weighted by molar-refractivity contribution is 0.339. The fraction of sp³-hybridized carbons (Fsp3) is 0.500. The van der Waals surface area contributed by atoms with Gasteiger partial charge in [-0.05, 0) is 77.1 Å². The van der Waals surface area contributed by atoms with Gasteiger partial charge in [0.2, 0.25) is 0 Å². The van der Waals surface area contributed by atoms with Gasteiger partial charge in [0.05, 0.1) is 18.0 Å². The highest BCUT2D eigenvalue weighted by atomic mass is 16.5. The number of ether oxygens (including phenoxy) is 1. The van der Waals surface area contributed by atoms with Gasteiger partial charge >= 0.3 is 0 Å².